The van der Waals surface area contributed by atoms with Gasteiger partial charge >= 0.3 is 0 Å². The highest BCUT2D eigenvalue weighted by Crippen LogP contribution is 2.28. The van der Waals surface area contributed by atoms with Gasteiger partial charge in [0.1, 0.15) is 17.6 Å². The van der Waals surface area contributed by atoms with Crippen LogP contribution in [0.15, 0.2) is 17.4 Å². The molecule has 2 heterocycles. The molecule has 0 radical (unpaired) electrons. The van der Waals surface area contributed by atoms with Crippen molar-refractivity contribution in [2.75, 3.05) is 6.54 Å². The van der Waals surface area contributed by atoms with E-state index in [-0.39, 0.29) is 5.44 Å². The molecule has 1 aliphatic rings. The van der Waals surface area contributed by atoms with Crippen LogP contribution in [0.3, 0.4) is 0 Å². The van der Waals surface area contributed by atoms with Gasteiger partial charge in [-0.05, 0) is 6.92 Å². The lowest BCUT2D eigenvalue weighted by molar-refractivity contribution is -0.149. The largest absolute Gasteiger partial charge is 0.390 e. The zero-order valence-corrected chi connectivity index (χ0v) is 12.0. The summed E-state index contributed by atoms with van der Waals surface area (Å²) < 4.78 is 7.32. The van der Waals surface area contributed by atoms with E-state index in [9.17, 15) is 10.2 Å². The molecule has 0 aliphatic carbocycles. The molecule has 1 fully saturated rings. The third-order valence-corrected chi connectivity index (χ3v) is 3.88. The summed E-state index contributed by atoms with van der Waals surface area (Å²) in [4.78, 5) is 4.07. The van der Waals surface area contributed by atoms with Gasteiger partial charge in [-0.2, -0.15) is 0 Å². The fourth-order valence-corrected chi connectivity index (χ4v) is 2.95. The summed E-state index contributed by atoms with van der Waals surface area (Å²) in [6.07, 6.45) is 1.15. The van der Waals surface area contributed by atoms with Crippen LogP contribution >= 0.6 is 11.8 Å². The Morgan fingerprint density at radius 3 is 3.05 bits per heavy atom. The summed E-state index contributed by atoms with van der Waals surface area (Å²) in [5.74, 6) is 0. The minimum atomic E-state index is -0.958. The van der Waals surface area contributed by atoms with E-state index in [0.717, 1.165) is 0 Å². The lowest BCUT2D eigenvalue weighted by Gasteiger charge is -2.36. The number of amidine groups is 1. The maximum Gasteiger partial charge on any atom is 0.156 e. The summed E-state index contributed by atoms with van der Waals surface area (Å²) in [5, 5.41) is 27.8. The average Bonchev–Trinajstić information content (AvgIpc) is 2.88. The molecule has 9 heteroatoms. The number of aromatic nitrogens is 3. The van der Waals surface area contributed by atoms with E-state index in [1.165, 1.54) is 11.8 Å². The highest BCUT2D eigenvalue weighted by atomic mass is 32.2. The Hall–Kier alpha value is -1.16. The molecule has 0 bridgehead atoms. The van der Waals surface area contributed by atoms with Crippen LogP contribution in [-0.2, 0) is 11.3 Å². The van der Waals surface area contributed by atoms with Crippen molar-refractivity contribution in [3.05, 3.63) is 12.4 Å². The monoisotopic (exact) mass is 301 g/mol. The van der Waals surface area contributed by atoms with Gasteiger partial charge in [0.25, 0.3) is 0 Å². The highest BCUT2D eigenvalue weighted by molar-refractivity contribution is 8.14. The van der Waals surface area contributed by atoms with Gasteiger partial charge in [-0.25, -0.2) is 4.68 Å². The molecule has 1 saturated heterocycles. The maximum atomic E-state index is 9.98. The van der Waals surface area contributed by atoms with Crippen molar-refractivity contribution in [2.45, 2.75) is 43.6 Å². The summed E-state index contributed by atoms with van der Waals surface area (Å²) in [7, 11) is 0. The number of thioether (sulfide) groups is 1. The Morgan fingerprint density at radius 2 is 2.40 bits per heavy atom. The van der Waals surface area contributed by atoms with Crippen LogP contribution < -0.4 is 5.73 Å². The van der Waals surface area contributed by atoms with Crippen LogP contribution in [0.5, 0.6) is 0 Å². The van der Waals surface area contributed by atoms with Crippen LogP contribution in [0.25, 0.3) is 0 Å². The second-order valence-corrected chi connectivity index (χ2v) is 5.63. The molecular weight excluding hydrogens is 282 g/mol. The van der Waals surface area contributed by atoms with Crippen molar-refractivity contribution >= 4 is 16.9 Å². The Balaban J connectivity index is 1.98. The smallest absolute Gasteiger partial charge is 0.156 e. The lowest BCUT2D eigenvalue weighted by atomic mass is 10.0. The molecular formula is C11H19N5O3S. The SMILES string of the molecule is CCN=C(N)S[C@@H]1CC(O)[C@H](O)C(Cn2ccnn2)O1. The van der Waals surface area contributed by atoms with Crippen molar-refractivity contribution in [3.63, 3.8) is 0 Å². The molecule has 1 aromatic rings. The second-order valence-electron chi connectivity index (χ2n) is 4.45. The third-order valence-electron chi connectivity index (χ3n) is 2.94. The minimum absolute atomic E-state index is 0.305. The first-order valence-corrected chi connectivity index (χ1v) is 7.30. The van der Waals surface area contributed by atoms with Crippen molar-refractivity contribution in [2.24, 2.45) is 10.7 Å². The predicted molar refractivity (Wildman–Crippen MR) is 75.1 cm³/mol. The van der Waals surface area contributed by atoms with E-state index in [2.05, 4.69) is 15.3 Å². The zero-order valence-electron chi connectivity index (χ0n) is 11.2. The number of aliphatic imine (C=N–C) groups is 1. The van der Waals surface area contributed by atoms with Gasteiger partial charge < -0.3 is 20.7 Å². The number of hydrogen-bond donors (Lipinski definition) is 3. The Morgan fingerprint density at radius 1 is 1.60 bits per heavy atom. The Labute approximate surface area is 121 Å². The molecule has 1 aliphatic heterocycles. The molecule has 8 nitrogen and oxygen atoms in total. The average molecular weight is 301 g/mol. The molecule has 112 valence electrons. The molecule has 2 rings (SSSR count). The van der Waals surface area contributed by atoms with Gasteiger partial charge in [0.2, 0.25) is 0 Å². The summed E-state index contributed by atoms with van der Waals surface area (Å²) in [6.45, 7) is 2.81. The first kappa shape index (κ1) is 15.2. The van der Waals surface area contributed by atoms with Crippen LogP contribution in [0.4, 0.5) is 0 Å². The number of rotatable bonds is 4. The minimum Gasteiger partial charge on any atom is -0.390 e. The molecule has 0 amide bonds. The van der Waals surface area contributed by atoms with Crippen LogP contribution in [0.1, 0.15) is 13.3 Å². The van der Waals surface area contributed by atoms with Crippen LogP contribution in [0.2, 0.25) is 0 Å². The van der Waals surface area contributed by atoms with E-state index in [0.29, 0.717) is 24.7 Å². The number of aliphatic hydroxyl groups excluding tert-OH is 2. The molecule has 1 aromatic heterocycles. The van der Waals surface area contributed by atoms with Crippen molar-refractivity contribution in [1.29, 1.82) is 0 Å². The number of ether oxygens (including phenoxy) is 1. The van der Waals surface area contributed by atoms with Gasteiger partial charge in [-0.15, -0.1) is 5.10 Å². The first-order chi connectivity index (χ1) is 9.60. The highest BCUT2D eigenvalue weighted by Gasteiger charge is 2.37. The van der Waals surface area contributed by atoms with Crippen molar-refractivity contribution in [3.8, 4) is 0 Å². The van der Waals surface area contributed by atoms with Crippen LogP contribution in [-0.4, -0.2) is 60.7 Å². The van der Waals surface area contributed by atoms with Gasteiger partial charge in [-0.3, -0.25) is 4.99 Å². The molecule has 20 heavy (non-hydrogen) atoms. The summed E-state index contributed by atoms with van der Waals surface area (Å²) in [6, 6.07) is 0. The Kier molecular flexibility index (Phi) is 5.35. The third kappa shape index (κ3) is 3.92. The molecule has 0 spiro atoms. The number of aliphatic hydroxyl groups is 2. The van der Waals surface area contributed by atoms with Crippen LogP contribution in [0, 0.1) is 0 Å². The topological polar surface area (TPSA) is 119 Å². The van der Waals surface area contributed by atoms with Gasteiger partial charge in [0.05, 0.1) is 18.8 Å². The zero-order chi connectivity index (χ0) is 14.5. The maximum absolute atomic E-state index is 9.98. The van der Waals surface area contributed by atoms with Gasteiger partial charge in [-0.1, -0.05) is 17.0 Å². The second kappa shape index (κ2) is 7.02. The molecule has 0 saturated carbocycles. The number of hydrogen-bond acceptors (Lipinski definition) is 7. The van der Waals surface area contributed by atoms with E-state index in [1.807, 2.05) is 6.92 Å². The van der Waals surface area contributed by atoms with E-state index in [4.69, 9.17) is 10.5 Å². The van der Waals surface area contributed by atoms with E-state index < -0.39 is 18.3 Å². The van der Waals surface area contributed by atoms with E-state index in [1.54, 1.807) is 17.1 Å². The Bertz CT molecular complexity index is 441. The lowest BCUT2D eigenvalue weighted by Crippen LogP contribution is -2.49. The summed E-state index contributed by atoms with van der Waals surface area (Å²) in [5.41, 5.74) is 5.40. The fourth-order valence-electron chi connectivity index (χ4n) is 1.98. The molecule has 4 atom stereocenters. The van der Waals surface area contributed by atoms with E-state index >= 15 is 0 Å². The number of nitrogens with zero attached hydrogens (tertiary/aromatic N) is 4. The van der Waals surface area contributed by atoms with Gasteiger partial charge in [0, 0.05) is 19.2 Å². The first-order valence-electron chi connectivity index (χ1n) is 6.42. The fraction of sp³-hybridized carbons (Fsp3) is 0.727. The standard InChI is InChI=1S/C11H19N5O3S/c1-2-13-11(12)20-9-5-7(17)10(18)8(19-9)6-16-4-3-14-15-16/h3-4,7-10,17-18H,2,5-6H2,1H3,(H2,12,13)/t7?,8?,9-,10+/m1/s1. The van der Waals surface area contributed by atoms with Crippen molar-refractivity contribution in [1.82, 2.24) is 15.0 Å². The quantitative estimate of drug-likeness (QED) is 0.491. The molecule has 4 N–H and O–H groups in total. The molecule has 0 aromatic carbocycles. The molecule has 2 unspecified atom stereocenters. The predicted octanol–water partition coefficient (Wildman–Crippen LogP) is -0.817. The summed E-state index contributed by atoms with van der Waals surface area (Å²) >= 11 is 1.26. The van der Waals surface area contributed by atoms with Gasteiger partial charge in [0.15, 0.2) is 5.17 Å². The number of nitrogens with two attached hydrogens (primary N) is 1. The normalized spacial score (nSPS) is 31.4. The van der Waals surface area contributed by atoms with Crippen molar-refractivity contribution < 1.29 is 14.9 Å².